The molecule has 2 aromatic rings. The molecule has 1 atom stereocenters. The molecule has 0 amide bonds. The first-order valence-corrected chi connectivity index (χ1v) is 7.97. The topological polar surface area (TPSA) is 105 Å². The predicted molar refractivity (Wildman–Crippen MR) is 103 cm³/mol. The van der Waals surface area contributed by atoms with Gasteiger partial charge in [-0.3, -0.25) is 15.1 Å². The minimum atomic E-state index is -1.08. The summed E-state index contributed by atoms with van der Waals surface area (Å²) >= 11 is 0. The summed E-state index contributed by atoms with van der Waals surface area (Å²) in [5, 5.41) is 24.1. The lowest BCUT2D eigenvalue weighted by molar-refractivity contribution is -0.384. The van der Waals surface area contributed by atoms with E-state index in [0.717, 1.165) is 5.70 Å². The number of aliphatic carboxylic acids is 1. The third kappa shape index (κ3) is 3.83. The predicted octanol–water partition coefficient (Wildman–Crippen LogP) is 3.89. The van der Waals surface area contributed by atoms with Gasteiger partial charge in [0, 0.05) is 41.2 Å². The van der Waals surface area contributed by atoms with Crippen molar-refractivity contribution < 1.29 is 14.8 Å². The Bertz CT molecular complexity index is 954. The zero-order chi connectivity index (χ0) is 18.8. The van der Waals surface area contributed by atoms with Crippen LogP contribution in [0.1, 0.15) is 31.0 Å². The average Bonchev–Trinajstić information content (AvgIpc) is 2.61. The number of carbonyl (C=O) groups is 1. The Hall–Kier alpha value is -3.19. The number of nitro groups is 1. The van der Waals surface area contributed by atoms with Gasteiger partial charge >= 0.3 is 5.97 Å². The van der Waals surface area contributed by atoms with Crippen LogP contribution in [0.15, 0.2) is 65.6 Å². The molecule has 0 spiro atoms. The molecule has 1 unspecified atom stereocenters. The Morgan fingerprint density at radius 1 is 1.19 bits per heavy atom. The highest BCUT2D eigenvalue weighted by molar-refractivity contribution is 5.96. The van der Waals surface area contributed by atoms with Gasteiger partial charge in [0.2, 0.25) is 0 Å². The fraction of sp³-hybridized carbons (Fsp3) is 0.158. The average molecular weight is 388 g/mol. The van der Waals surface area contributed by atoms with Gasteiger partial charge in [-0.15, -0.1) is 12.4 Å². The maximum Gasteiger partial charge on any atom is 0.334 e. The van der Waals surface area contributed by atoms with E-state index >= 15 is 0 Å². The number of non-ortho nitro benzene ring substituents is 1. The van der Waals surface area contributed by atoms with Crippen molar-refractivity contribution in [2.75, 3.05) is 0 Å². The molecule has 0 fully saturated rings. The van der Waals surface area contributed by atoms with Crippen LogP contribution in [-0.2, 0) is 4.79 Å². The molecule has 1 aliphatic heterocycles. The van der Waals surface area contributed by atoms with Crippen LogP contribution in [-0.4, -0.2) is 21.0 Å². The highest BCUT2D eigenvalue weighted by Gasteiger charge is 2.34. The molecule has 0 saturated heterocycles. The number of carboxylic acids is 1. The zero-order valence-electron chi connectivity index (χ0n) is 14.7. The minimum absolute atomic E-state index is 0. The molecule has 8 heteroatoms. The molecule has 27 heavy (non-hydrogen) atoms. The molecule has 1 aliphatic rings. The number of hydrogen-bond donors (Lipinski definition) is 2. The quantitative estimate of drug-likeness (QED) is 0.609. The second kappa shape index (κ2) is 8.01. The van der Waals surface area contributed by atoms with Crippen LogP contribution in [0.25, 0.3) is 5.57 Å². The van der Waals surface area contributed by atoms with E-state index in [4.69, 9.17) is 0 Å². The van der Waals surface area contributed by atoms with Gasteiger partial charge in [0.15, 0.2) is 0 Å². The molecule has 1 aromatic heterocycles. The molecular weight excluding hydrogens is 370 g/mol. The van der Waals surface area contributed by atoms with Gasteiger partial charge in [-0.05, 0) is 31.5 Å². The summed E-state index contributed by atoms with van der Waals surface area (Å²) in [5.74, 6) is -1.74. The number of benzene rings is 1. The number of carboxylic acid groups (broad SMARTS) is 1. The van der Waals surface area contributed by atoms with E-state index in [2.05, 4.69) is 10.3 Å². The molecule has 7 nitrogen and oxygen atoms in total. The second-order valence-corrected chi connectivity index (χ2v) is 6.01. The molecule has 2 heterocycles. The van der Waals surface area contributed by atoms with Crippen LogP contribution in [0.5, 0.6) is 0 Å². The summed E-state index contributed by atoms with van der Waals surface area (Å²) in [4.78, 5) is 27.0. The number of dihydropyridines is 1. The van der Waals surface area contributed by atoms with Crippen LogP contribution < -0.4 is 5.32 Å². The monoisotopic (exact) mass is 387 g/mol. The van der Waals surface area contributed by atoms with Crippen LogP contribution in [0.3, 0.4) is 0 Å². The third-order valence-electron chi connectivity index (χ3n) is 4.35. The van der Waals surface area contributed by atoms with E-state index in [1.165, 1.54) is 12.1 Å². The number of nitrogens with one attached hydrogen (secondary N) is 1. The van der Waals surface area contributed by atoms with E-state index in [1.807, 2.05) is 13.0 Å². The van der Waals surface area contributed by atoms with E-state index in [0.29, 0.717) is 22.5 Å². The molecule has 140 valence electrons. The fourth-order valence-electron chi connectivity index (χ4n) is 3.29. The Morgan fingerprint density at radius 3 is 2.52 bits per heavy atom. The molecule has 0 bridgehead atoms. The molecule has 1 aromatic carbocycles. The van der Waals surface area contributed by atoms with Gasteiger partial charge in [0.25, 0.3) is 5.69 Å². The number of hydrogen-bond acceptors (Lipinski definition) is 5. The molecule has 0 radical (unpaired) electrons. The summed E-state index contributed by atoms with van der Waals surface area (Å²) in [6.07, 6.45) is 1.63. The highest BCUT2D eigenvalue weighted by Crippen LogP contribution is 2.43. The van der Waals surface area contributed by atoms with Gasteiger partial charge in [-0.1, -0.05) is 18.2 Å². The largest absolute Gasteiger partial charge is 0.478 e. The van der Waals surface area contributed by atoms with Crippen molar-refractivity contribution >= 4 is 29.6 Å². The van der Waals surface area contributed by atoms with Gasteiger partial charge < -0.3 is 10.4 Å². The second-order valence-electron chi connectivity index (χ2n) is 6.01. The van der Waals surface area contributed by atoms with Gasteiger partial charge in [-0.2, -0.15) is 0 Å². The summed E-state index contributed by atoms with van der Waals surface area (Å²) in [7, 11) is 0. The van der Waals surface area contributed by atoms with Crippen LogP contribution >= 0.6 is 12.4 Å². The highest BCUT2D eigenvalue weighted by atomic mass is 35.5. The van der Waals surface area contributed by atoms with E-state index in [9.17, 15) is 20.0 Å². The maximum atomic E-state index is 12.0. The Balaban J connectivity index is 0.00000261. The summed E-state index contributed by atoms with van der Waals surface area (Å²) in [6, 6.07) is 11.5. The SMILES string of the molecule is CC1=C(C(=O)O)C(c2cccc([N+](=O)[O-])c2)C(c2ccccn2)=C(C)N1.Cl. The number of nitro benzene ring substituents is 1. The van der Waals surface area contributed by atoms with E-state index < -0.39 is 16.8 Å². The molecule has 3 rings (SSSR count). The molecule has 0 aliphatic carbocycles. The molecule has 2 N–H and O–H groups in total. The van der Waals surface area contributed by atoms with Gasteiger partial charge in [0.1, 0.15) is 0 Å². The number of pyridine rings is 1. The number of nitrogens with zero attached hydrogens (tertiary/aromatic N) is 2. The Morgan fingerprint density at radius 2 is 1.93 bits per heavy atom. The smallest absolute Gasteiger partial charge is 0.334 e. The lowest BCUT2D eigenvalue weighted by atomic mass is 9.79. The number of allylic oxidation sites excluding steroid dienone is 3. The van der Waals surface area contributed by atoms with Crippen LogP contribution in [0.2, 0.25) is 0 Å². The van der Waals surface area contributed by atoms with Crippen molar-refractivity contribution in [2.24, 2.45) is 0 Å². The van der Waals surface area contributed by atoms with Crippen LogP contribution in [0, 0.1) is 10.1 Å². The standard InChI is InChI=1S/C19H17N3O4.ClH/c1-11-16(15-8-3-4-9-20-15)18(17(19(23)24)12(2)21-11)13-6-5-7-14(10-13)22(25)26;/h3-10,18,21H,1-2H3,(H,23,24);1H. The van der Waals surface area contributed by atoms with Crippen molar-refractivity contribution in [3.05, 3.63) is 87.0 Å². The van der Waals surface area contributed by atoms with Gasteiger partial charge in [-0.25, -0.2) is 4.79 Å². The van der Waals surface area contributed by atoms with E-state index in [-0.39, 0.29) is 23.7 Å². The normalized spacial score (nSPS) is 16.4. The lowest BCUT2D eigenvalue weighted by Gasteiger charge is -2.30. The third-order valence-corrected chi connectivity index (χ3v) is 4.35. The fourth-order valence-corrected chi connectivity index (χ4v) is 3.29. The summed E-state index contributed by atoms with van der Waals surface area (Å²) in [5.41, 5.74) is 3.19. The molecule has 0 saturated carbocycles. The first kappa shape index (κ1) is 20.1. The molecular formula is C19H18ClN3O4. The van der Waals surface area contributed by atoms with Crippen molar-refractivity contribution in [1.29, 1.82) is 0 Å². The maximum absolute atomic E-state index is 12.0. The first-order valence-electron chi connectivity index (χ1n) is 7.97. The van der Waals surface area contributed by atoms with E-state index in [1.54, 1.807) is 37.4 Å². The number of rotatable bonds is 4. The van der Waals surface area contributed by atoms with Crippen LogP contribution in [0.4, 0.5) is 5.69 Å². The van der Waals surface area contributed by atoms with Crippen molar-refractivity contribution in [2.45, 2.75) is 19.8 Å². The minimum Gasteiger partial charge on any atom is -0.478 e. The first-order chi connectivity index (χ1) is 12.4. The van der Waals surface area contributed by atoms with Gasteiger partial charge in [0.05, 0.1) is 16.2 Å². The Kier molecular flexibility index (Phi) is 5.97. The lowest BCUT2D eigenvalue weighted by Crippen LogP contribution is -2.27. The van der Waals surface area contributed by atoms with Crippen molar-refractivity contribution in [3.8, 4) is 0 Å². The zero-order valence-corrected chi connectivity index (χ0v) is 15.5. The summed E-state index contributed by atoms with van der Waals surface area (Å²) < 4.78 is 0. The van der Waals surface area contributed by atoms with Crippen molar-refractivity contribution in [1.82, 2.24) is 10.3 Å². The van der Waals surface area contributed by atoms with Crippen molar-refractivity contribution in [3.63, 3.8) is 0 Å². The Labute approximate surface area is 162 Å². The number of aromatic nitrogens is 1. The summed E-state index contributed by atoms with van der Waals surface area (Å²) in [6.45, 7) is 3.53. The number of halogens is 1.